The van der Waals surface area contributed by atoms with Crippen molar-refractivity contribution in [2.24, 2.45) is 0 Å². The molecule has 4 rings (SSSR count). The van der Waals surface area contributed by atoms with Gasteiger partial charge in [-0.2, -0.15) is 17.7 Å². The van der Waals surface area contributed by atoms with Gasteiger partial charge >= 0.3 is 6.18 Å². The Morgan fingerprint density at radius 1 is 1.07 bits per heavy atom. The molecular formula is C18H18F3N5O2. The predicted octanol–water partition coefficient (Wildman–Crippen LogP) is 3.53. The van der Waals surface area contributed by atoms with Gasteiger partial charge in [-0.3, -0.25) is 0 Å². The lowest BCUT2D eigenvalue weighted by Gasteiger charge is -2.14. The van der Waals surface area contributed by atoms with Gasteiger partial charge in [0.05, 0.1) is 13.2 Å². The van der Waals surface area contributed by atoms with Crippen LogP contribution in [0, 0.1) is 13.8 Å². The van der Waals surface area contributed by atoms with Crippen molar-refractivity contribution in [3.8, 4) is 11.5 Å². The topological polar surface area (TPSA) is 73.6 Å². The summed E-state index contributed by atoms with van der Waals surface area (Å²) < 4.78 is 51.5. The van der Waals surface area contributed by atoms with Crippen LogP contribution in [0.3, 0.4) is 0 Å². The number of hydrogen-bond acceptors (Lipinski definition) is 6. The maximum absolute atomic E-state index is 13.1. The maximum Gasteiger partial charge on any atom is 0.453 e. The standard InChI is InChI=1S/C18H18F3N5O2/c1-10-11(2)16-23-24-17(18(19,20)21)26(16)25-15(10)22-9-12-4-5-13-14(8-12)28-7-3-6-27-13/h4-5,8H,3,6-7,9H2,1-2H3,(H,22,25). The van der Waals surface area contributed by atoms with E-state index < -0.39 is 12.0 Å². The van der Waals surface area contributed by atoms with Crippen LogP contribution in [0.5, 0.6) is 11.5 Å². The summed E-state index contributed by atoms with van der Waals surface area (Å²) >= 11 is 0. The van der Waals surface area contributed by atoms with Crippen molar-refractivity contribution in [2.45, 2.75) is 33.0 Å². The number of halogens is 3. The van der Waals surface area contributed by atoms with Gasteiger partial charge in [-0.1, -0.05) is 6.07 Å². The normalized spacial score (nSPS) is 14.2. The summed E-state index contributed by atoms with van der Waals surface area (Å²) in [5.74, 6) is 0.532. The van der Waals surface area contributed by atoms with Crippen molar-refractivity contribution in [1.29, 1.82) is 0 Å². The molecule has 1 N–H and O–H groups in total. The molecule has 0 saturated carbocycles. The Balaban J connectivity index is 1.63. The van der Waals surface area contributed by atoms with Crippen LogP contribution in [0.25, 0.3) is 5.65 Å². The van der Waals surface area contributed by atoms with Gasteiger partial charge in [0.25, 0.3) is 5.82 Å². The molecule has 0 unspecified atom stereocenters. The Morgan fingerprint density at radius 2 is 1.82 bits per heavy atom. The van der Waals surface area contributed by atoms with Crippen LogP contribution in [0.2, 0.25) is 0 Å². The van der Waals surface area contributed by atoms with Gasteiger partial charge in [0.1, 0.15) is 0 Å². The SMILES string of the molecule is Cc1c(NCc2ccc3c(c2)OCCCO3)nn2c(C(F)(F)F)nnc2c1C. The fraction of sp³-hybridized carbons (Fsp3) is 0.389. The van der Waals surface area contributed by atoms with Gasteiger partial charge in [-0.25, -0.2) is 0 Å². The van der Waals surface area contributed by atoms with E-state index in [0.29, 0.717) is 48.2 Å². The van der Waals surface area contributed by atoms with E-state index in [9.17, 15) is 13.2 Å². The summed E-state index contributed by atoms with van der Waals surface area (Å²) in [6, 6.07) is 5.56. The molecule has 10 heteroatoms. The predicted molar refractivity (Wildman–Crippen MR) is 94.6 cm³/mol. The first-order chi connectivity index (χ1) is 13.3. The van der Waals surface area contributed by atoms with Crippen LogP contribution in [0.4, 0.5) is 19.0 Å². The number of anilines is 1. The smallest absolute Gasteiger partial charge is 0.453 e. The molecule has 1 aliphatic heterocycles. The number of nitrogens with zero attached hydrogens (tertiary/aromatic N) is 4. The summed E-state index contributed by atoms with van der Waals surface area (Å²) in [5, 5.41) is 14.1. The molecule has 1 aromatic carbocycles. The van der Waals surface area contributed by atoms with E-state index in [0.717, 1.165) is 16.5 Å². The summed E-state index contributed by atoms with van der Waals surface area (Å²) in [5.41, 5.74) is 2.27. The molecule has 0 aliphatic carbocycles. The third-order valence-corrected chi connectivity index (χ3v) is 4.62. The van der Waals surface area contributed by atoms with Crippen LogP contribution in [0.15, 0.2) is 18.2 Å². The summed E-state index contributed by atoms with van der Waals surface area (Å²) in [6.45, 7) is 5.02. The van der Waals surface area contributed by atoms with Crippen molar-refractivity contribution in [3.05, 3.63) is 40.7 Å². The molecule has 0 fully saturated rings. The first kappa shape index (κ1) is 18.3. The Morgan fingerprint density at radius 3 is 2.57 bits per heavy atom. The molecule has 3 aromatic rings. The molecular weight excluding hydrogens is 375 g/mol. The van der Waals surface area contributed by atoms with E-state index in [4.69, 9.17) is 9.47 Å². The Labute approximate surface area is 158 Å². The second-order valence-electron chi connectivity index (χ2n) is 6.54. The molecule has 0 saturated heterocycles. The maximum atomic E-state index is 13.1. The Kier molecular flexibility index (Phi) is 4.48. The van der Waals surface area contributed by atoms with E-state index in [1.165, 1.54) is 0 Å². The molecule has 2 aromatic heterocycles. The van der Waals surface area contributed by atoms with Crippen LogP contribution >= 0.6 is 0 Å². The summed E-state index contributed by atoms with van der Waals surface area (Å²) in [4.78, 5) is 0. The van der Waals surface area contributed by atoms with E-state index >= 15 is 0 Å². The van der Waals surface area contributed by atoms with E-state index in [1.54, 1.807) is 13.8 Å². The number of aryl methyl sites for hydroxylation is 1. The van der Waals surface area contributed by atoms with Crippen LogP contribution in [-0.4, -0.2) is 33.0 Å². The summed E-state index contributed by atoms with van der Waals surface area (Å²) in [7, 11) is 0. The number of aromatic nitrogens is 4. The lowest BCUT2D eigenvalue weighted by molar-refractivity contribution is -0.146. The van der Waals surface area contributed by atoms with Crippen molar-refractivity contribution >= 4 is 11.5 Å². The average Bonchev–Trinajstić information content (AvgIpc) is 2.95. The molecule has 0 atom stereocenters. The Hall–Kier alpha value is -3.04. The number of nitrogens with one attached hydrogen (secondary N) is 1. The molecule has 7 nitrogen and oxygen atoms in total. The molecule has 28 heavy (non-hydrogen) atoms. The zero-order valence-corrected chi connectivity index (χ0v) is 15.3. The van der Waals surface area contributed by atoms with E-state index in [1.807, 2.05) is 18.2 Å². The molecule has 0 amide bonds. The zero-order chi connectivity index (χ0) is 19.9. The highest BCUT2D eigenvalue weighted by atomic mass is 19.4. The van der Waals surface area contributed by atoms with Crippen LogP contribution < -0.4 is 14.8 Å². The van der Waals surface area contributed by atoms with Gasteiger partial charge in [0.15, 0.2) is 23.0 Å². The average molecular weight is 393 g/mol. The van der Waals surface area contributed by atoms with Crippen LogP contribution in [0.1, 0.15) is 28.9 Å². The molecule has 0 spiro atoms. The minimum absolute atomic E-state index is 0.0888. The Bertz CT molecular complexity index is 1030. The second kappa shape index (κ2) is 6.84. The first-order valence-corrected chi connectivity index (χ1v) is 8.77. The number of hydrogen-bond donors (Lipinski definition) is 1. The lowest BCUT2D eigenvalue weighted by Crippen LogP contribution is -2.15. The van der Waals surface area contributed by atoms with Gasteiger partial charge in [0, 0.05) is 18.5 Å². The molecule has 148 valence electrons. The highest BCUT2D eigenvalue weighted by Crippen LogP contribution is 2.32. The number of fused-ring (bicyclic) bond motifs is 2. The molecule has 0 radical (unpaired) electrons. The van der Waals surface area contributed by atoms with Gasteiger partial charge in [-0.05, 0) is 37.1 Å². The molecule has 0 bridgehead atoms. The third-order valence-electron chi connectivity index (χ3n) is 4.62. The first-order valence-electron chi connectivity index (χ1n) is 8.77. The van der Waals surface area contributed by atoms with Gasteiger partial charge < -0.3 is 14.8 Å². The number of alkyl halides is 3. The lowest BCUT2D eigenvalue weighted by atomic mass is 10.1. The molecule has 1 aliphatic rings. The fourth-order valence-electron chi connectivity index (χ4n) is 2.98. The van der Waals surface area contributed by atoms with Crippen LogP contribution in [-0.2, 0) is 12.7 Å². The van der Waals surface area contributed by atoms with Gasteiger partial charge in [-0.15, -0.1) is 15.3 Å². The monoisotopic (exact) mass is 393 g/mol. The quantitative estimate of drug-likeness (QED) is 0.734. The number of rotatable bonds is 3. The van der Waals surface area contributed by atoms with E-state index in [-0.39, 0.29) is 5.65 Å². The van der Waals surface area contributed by atoms with Crippen molar-refractivity contribution in [1.82, 2.24) is 19.8 Å². The van der Waals surface area contributed by atoms with Gasteiger partial charge in [0.2, 0.25) is 0 Å². The van der Waals surface area contributed by atoms with Crippen molar-refractivity contribution < 1.29 is 22.6 Å². The van der Waals surface area contributed by atoms with E-state index in [2.05, 4.69) is 20.6 Å². The number of ether oxygens (including phenoxy) is 2. The summed E-state index contributed by atoms with van der Waals surface area (Å²) in [6.07, 6.45) is -3.83. The number of benzene rings is 1. The minimum atomic E-state index is -4.64. The van der Waals surface area contributed by atoms with Crippen molar-refractivity contribution in [3.63, 3.8) is 0 Å². The minimum Gasteiger partial charge on any atom is -0.490 e. The fourth-order valence-corrected chi connectivity index (χ4v) is 2.98. The largest absolute Gasteiger partial charge is 0.490 e. The van der Waals surface area contributed by atoms with Crippen molar-refractivity contribution in [2.75, 3.05) is 18.5 Å². The zero-order valence-electron chi connectivity index (χ0n) is 15.3. The molecule has 3 heterocycles. The highest BCUT2D eigenvalue weighted by Gasteiger charge is 2.38. The second-order valence-corrected chi connectivity index (χ2v) is 6.54. The highest BCUT2D eigenvalue weighted by molar-refractivity contribution is 5.58. The third kappa shape index (κ3) is 3.30.